The van der Waals surface area contributed by atoms with E-state index in [2.05, 4.69) is 86.8 Å². The second kappa shape index (κ2) is 67.6. The average Bonchev–Trinajstić information content (AvgIpc) is 3.43. The first-order valence-electron chi connectivity index (χ1n) is 34.0. The Balaban J connectivity index is 3.43. The Morgan fingerprint density at radius 1 is 0.312 bits per heavy atom. The summed E-state index contributed by atoms with van der Waals surface area (Å²) in [6, 6.07) is 0. The molecule has 0 bridgehead atoms. The smallest absolute Gasteiger partial charge is 0.306 e. The van der Waals surface area contributed by atoms with Gasteiger partial charge in [0, 0.05) is 12.8 Å². The molecule has 77 heavy (non-hydrogen) atoms. The molecule has 1 N–H and O–H groups in total. The van der Waals surface area contributed by atoms with E-state index in [4.69, 9.17) is 9.47 Å². The molecule has 5 heteroatoms. The highest BCUT2D eigenvalue weighted by atomic mass is 16.6. The minimum atomic E-state index is -0.773. The predicted octanol–water partition coefficient (Wildman–Crippen LogP) is 23.5. The zero-order valence-corrected chi connectivity index (χ0v) is 51.5. The van der Waals surface area contributed by atoms with Crippen LogP contribution in [0.5, 0.6) is 0 Å². The summed E-state index contributed by atoms with van der Waals surface area (Å²) in [7, 11) is 0. The molecule has 0 aliphatic heterocycles. The van der Waals surface area contributed by atoms with Crippen LogP contribution in [0.15, 0.2) is 72.9 Å². The fourth-order valence-corrected chi connectivity index (χ4v) is 10.2. The SMILES string of the molecule is CC/C=C\C/C=C\C/C=C\C/C=C\C/C=C\C/C=C\CCCCCCCCCCCCCCCCCCC(=O)OC(CO)COC(=O)CCCCCCCCCCCCCCCCCCCCCCCCCCCCCC. The number of carbonyl (C=O) groups is 2. The Morgan fingerprint density at radius 3 is 0.844 bits per heavy atom. The third kappa shape index (κ3) is 65.8. The van der Waals surface area contributed by atoms with Crippen LogP contribution in [0.4, 0.5) is 0 Å². The van der Waals surface area contributed by atoms with Gasteiger partial charge in [0.1, 0.15) is 6.61 Å². The molecule has 5 nitrogen and oxygen atoms in total. The average molecular weight is 1080 g/mol. The van der Waals surface area contributed by atoms with Crippen molar-refractivity contribution < 1.29 is 24.2 Å². The van der Waals surface area contributed by atoms with Crippen LogP contribution >= 0.6 is 0 Å². The molecule has 0 radical (unpaired) electrons. The first-order valence-corrected chi connectivity index (χ1v) is 34.0. The Labute approximate surface area is 480 Å². The molecule has 0 aliphatic carbocycles. The van der Waals surface area contributed by atoms with Gasteiger partial charge < -0.3 is 14.6 Å². The fourth-order valence-electron chi connectivity index (χ4n) is 10.2. The van der Waals surface area contributed by atoms with Crippen LogP contribution in [-0.2, 0) is 19.1 Å². The second-order valence-corrected chi connectivity index (χ2v) is 22.9. The number of carbonyl (C=O) groups excluding carboxylic acids is 2. The van der Waals surface area contributed by atoms with Gasteiger partial charge in [-0.1, -0.05) is 350 Å². The Morgan fingerprint density at radius 2 is 0.558 bits per heavy atom. The quantitative estimate of drug-likeness (QED) is 0.0373. The number of allylic oxidation sites excluding steroid dienone is 12. The number of aliphatic hydroxyl groups excluding tert-OH is 1. The first kappa shape index (κ1) is 74.3. The van der Waals surface area contributed by atoms with Crippen molar-refractivity contribution in [1.29, 1.82) is 0 Å². The zero-order chi connectivity index (χ0) is 55.5. The van der Waals surface area contributed by atoms with E-state index in [9.17, 15) is 14.7 Å². The van der Waals surface area contributed by atoms with Crippen molar-refractivity contribution in [2.75, 3.05) is 13.2 Å². The summed E-state index contributed by atoms with van der Waals surface area (Å²) in [5.41, 5.74) is 0. The van der Waals surface area contributed by atoms with E-state index in [0.29, 0.717) is 12.8 Å². The van der Waals surface area contributed by atoms with Crippen LogP contribution in [0.2, 0.25) is 0 Å². The highest BCUT2D eigenvalue weighted by Crippen LogP contribution is 2.18. The maximum absolute atomic E-state index is 12.4. The molecule has 0 rings (SSSR count). The molecule has 0 spiro atoms. The van der Waals surface area contributed by atoms with Gasteiger partial charge in [0.15, 0.2) is 6.10 Å². The van der Waals surface area contributed by atoms with Crippen molar-refractivity contribution in [2.45, 2.75) is 360 Å². The number of esters is 2. The number of hydrogen-bond donors (Lipinski definition) is 1. The van der Waals surface area contributed by atoms with Crippen molar-refractivity contribution in [3.8, 4) is 0 Å². The van der Waals surface area contributed by atoms with E-state index in [1.165, 1.54) is 257 Å². The molecule has 1 atom stereocenters. The molecule has 1 unspecified atom stereocenters. The number of unbranched alkanes of at least 4 members (excludes halogenated alkanes) is 43. The van der Waals surface area contributed by atoms with Crippen LogP contribution in [-0.4, -0.2) is 36.4 Å². The molecule has 448 valence electrons. The van der Waals surface area contributed by atoms with E-state index < -0.39 is 6.10 Å². The van der Waals surface area contributed by atoms with E-state index in [1.807, 2.05) is 0 Å². The fraction of sp³-hybridized carbons (Fsp3) is 0.806. The van der Waals surface area contributed by atoms with Gasteiger partial charge in [-0.3, -0.25) is 9.59 Å². The number of rotatable bonds is 63. The summed E-state index contributed by atoms with van der Waals surface area (Å²) in [5.74, 6) is -0.572. The van der Waals surface area contributed by atoms with Gasteiger partial charge in [0.05, 0.1) is 6.61 Å². The van der Waals surface area contributed by atoms with E-state index in [1.54, 1.807) is 0 Å². The minimum Gasteiger partial charge on any atom is -0.462 e. The molecule has 0 aromatic carbocycles. The molecular weight excluding hydrogens is 945 g/mol. The molecule has 0 fully saturated rings. The van der Waals surface area contributed by atoms with Crippen molar-refractivity contribution in [3.05, 3.63) is 72.9 Å². The summed E-state index contributed by atoms with van der Waals surface area (Å²) in [5, 5.41) is 9.70. The van der Waals surface area contributed by atoms with E-state index in [0.717, 1.165) is 70.6 Å². The van der Waals surface area contributed by atoms with Crippen molar-refractivity contribution in [3.63, 3.8) is 0 Å². The van der Waals surface area contributed by atoms with Crippen molar-refractivity contribution in [1.82, 2.24) is 0 Å². The summed E-state index contributed by atoms with van der Waals surface area (Å²) < 4.78 is 10.8. The van der Waals surface area contributed by atoms with Crippen LogP contribution in [0.1, 0.15) is 354 Å². The molecule has 0 saturated heterocycles. The molecule has 0 aliphatic rings. The summed E-state index contributed by atoms with van der Waals surface area (Å²) in [4.78, 5) is 24.6. The lowest BCUT2D eigenvalue weighted by Crippen LogP contribution is -2.28. The van der Waals surface area contributed by atoms with Gasteiger partial charge in [-0.25, -0.2) is 0 Å². The van der Waals surface area contributed by atoms with Crippen LogP contribution in [0.25, 0.3) is 0 Å². The van der Waals surface area contributed by atoms with Gasteiger partial charge in [-0.15, -0.1) is 0 Å². The molecule has 0 heterocycles. The van der Waals surface area contributed by atoms with Gasteiger partial charge in [-0.05, 0) is 64.2 Å². The van der Waals surface area contributed by atoms with Gasteiger partial charge >= 0.3 is 11.9 Å². The first-order chi connectivity index (χ1) is 38.1. The highest BCUT2D eigenvalue weighted by molar-refractivity contribution is 5.70. The highest BCUT2D eigenvalue weighted by Gasteiger charge is 2.16. The van der Waals surface area contributed by atoms with Gasteiger partial charge in [-0.2, -0.15) is 0 Å². The Bertz CT molecular complexity index is 1360. The zero-order valence-electron chi connectivity index (χ0n) is 51.5. The Hall–Kier alpha value is -2.66. The maximum Gasteiger partial charge on any atom is 0.306 e. The van der Waals surface area contributed by atoms with E-state index >= 15 is 0 Å². The molecule has 0 amide bonds. The van der Waals surface area contributed by atoms with Crippen molar-refractivity contribution >= 4 is 11.9 Å². The normalized spacial score (nSPS) is 12.6. The third-order valence-electron chi connectivity index (χ3n) is 15.3. The summed E-state index contributed by atoms with van der Waals surface area (Å²) in [6.07, 6.45) is 93.6. The topological polar surface area (TPSA) is 72.8 Å². The van der Waals surface area contributed by atoms with Gasteiger partial charge in [0.25, 0.3) is 0 Å². The van der Waals surface area contributed by atoms with Crippen LogP contribution < -0.4 is 0 Å². The lowest BCUT2D eigenvalue weighted by Gasteiger charge is -2.15. The second-order valence-electron chi connectivity index (χ2n) is 22.9. The Kier molecular flexibility index (Phi) is 65.3. The van der Waals surface area contributed by atoms with Crippen LogP contribution in [0.3, 0.4) is 0 Å². The number of aliphatic hydroxyl groups is 1. The van der Waals surface area contributed by atoms with E-state index in [-0.39, 0.29) is 25.2 Å². The predicted molar refractivity (Wildman–Crippen MR) is 339 cm³/mol. The number of hydrogen-bond acceptors (Lipinski definition) is 5. The molecule has 0 aromatic rings. The molecule has 0 saturated carbocycles. The largest absolute Gasteiger partial charge is 0.462 e. The lowest BCUT2D eigenvalue weighted by molar-refractivity contribution is -0.161. The monoisotopic (exact) mass is 1070 g/mol. The summed E-state index contributed by atoms with van der Waals surface area (Å²) >= 11 is 0. The third-order valence-corrected chi connectivity index (χ3v) is 15.3. The standard InChI is InChI=1S/C72H130O5/c1-3-5-7-9-11-13-15-17-19-21-23-25-27-29-31-33-34-35-36-37-38-39-41-43-45-47-49-51-53-55-57-59-61-63-65-67-72(75)77-70(68-73)69-76-71(74)66-64-62-60-58-56-54-52-50-48-46-44-42-40-32-30-28-26-24-22-20-18-16-14-12-10-8-6-4-2/h5,7,11,13,17,19,23,25,29,31,34-35,70,73H,3-4,6,8-10,12,14-16,18,20-22,24,26-28,30,32-33,36-69H2,1-2H3/b7-5-,13-11-,19-17-,25-23-,31-29-,35-34-. The van der Waals surface area contributed by atoms with Crippen molar-refractivity contribution in [2.24, 2.45) is 0 Å². The number of ether oxygens (including phenoxy) is 2. The minimum absolute atomic E-state index is 0.0621. The lowest BCUT2D eigenvalue weighted by atomic mass is 10.0. The van der Waals surface area contributed by atoms with Gasteiger partial charge in [0.2, 0.25) is 0 Å². The molecule has 0 aromatic heterocycles. The molecular formula is C72H130O5. The maximum atomic E-state index is 12.4. The van der Waals surface area contributed by atoms with Crippen LogP contribution in [0, 0.1) is 0 Å². The summed E-state index contributed by atoms with van der Waals surface area (Å²) in [6.45, 7) is 4.08.